The van der Waals surface area contributed by atoms with Crippen molar-refractivity contribution in [2.75, 3.05) is 19.0 Å². The number of amides is 1. The third-order valence-corrected chi connectivity index (χ3v) is 4.67. The van der Waals surface area contributed by atoms with Crippen molar-refractivity contribution in [1.82, 2.24) is 14.5 Å². The molecule has 1 saturated heterocycles. The minimum absolute atomic E-state index is 0.283. The van der Waals surface area contributed by atoms with Gasteiger partial charge in [0.25, 0.3) is 0 Å². The number of hydrogen-bond donors (Lipinski definition) is 3. The molecular formula is C17H20N4O5. The molecule has 3 rings (SSSR count). The van der Waals surface area contributed by atoms with Crippen LogP contribution in [0.4, 0.5) is 5.82 Å². The number of nitrogens with one attached hydrogen (secondary N) is 1. The van der Waals surface area contributed by atoms with Gasteiger partial charge in [-0.15, -0.1) is 6.42 Å². The number of aliphatic hydroxyl groups excluding tert-OH is 2. The number of ether oxygens (including phenoxy) is 2. The maximum Gasteiger partial charge on any atom is 0.222 e. The number of nitrogens with zero attached hydrogens (tertiary/aromatic N) is 3. The second-order valence-electron chi connectivity index (χ2n) is 6.24. The Kier molecular flexibility index (Phi) is 4.68. The predicted octanol–water partition coefficient (Wildman–Crippen LogP) is 0.0267. The summed E-state index contributed by atoms with van der Waals surface area (Å²) in [7, 11) is 1.45. The zero-order valence-electron chi connectivity index (χ0n) is 14.6. The largest absolute Gasteiger partial charge is 0.394 e. The number of carbonyl (C=O) groups excluding carboxylic acids is 1. The monoisotopic (exact) mass is 360 g/mol. The molecule has 0 aliphatic carbocycles. The van der Waals surface area contributed by atoms with E-state index in [0.29, 0.717) is 16.6 Å². The van der Waals surface area contributed by atoms with Crippen LogP contribution in [0, 0.1) is 12.3 Å². The van der Waals surface area contributed by atoms with Gasteiger partial charge in [-0.1, -0.05) is 5.92 Å². The molecule has 2 aromatic rings. The molecule has 3 N–H and O–H groups in total. The van der Waals surface area contributed by atoms with E-state index in [9.17, 15) is 15.0 Å². The van der Waals surface area contributed by atoms with Crippen LogP contribution < -0.4 is 5.32 Å². The summed E-state index contributed by atoms with van der Waals surface area (Å²) in [6, 6.07) is 0. The smallest absolute Gasteiger partial charge is 0.222 e. The number of terminal acetylenes is 1. The Morgan fingerprint density at radius 2 is 2.31 bits per heavy atom. The molecule has 1 aliphatic heterocycles. The molecule has 9 nitrogen and oxygen atoms in total. The quantitative estimate of drug-likeness (QED) is 0.658. The highest BCUT2D eigenvalue weighted by atomic mass is 16.6. The van der Waals surface area contributed by atoms with Gasteiger partial charge in [0.05, 0.1) is 17.6 Å². The van der Waals surface area contributed by atoms with E-state index in [1.165, 1.54) is 20.4 Å². The summed E-state index contributed by atoms with van der Waals surface area (Å²) < 4.78 is 13.0. The summed E-state index contributed by atoms with van der Waals surface area (Å²) >= 11 is 0. The average molecular weight is 360 g/mol. The Balaban J connectivity index is 2.20. The van der Waals surface area contributed by atoms with Crippen LogP contribution in [0.15, 0.2) is 12.5 Å². The van der Waals surface area contributed by atoms with Gasteiger partial charge >= 0.3 is 0 Å². The molecule has 0 radical (unpaired) electrons. The van der Waals surface area contributed by atoms with Crippen molar-refractivity contribution in [3.05, 3.63) is 18.1 Å². The van der Waals surface area contributed by atoms with E-state index in [-0.39, 0.29) is 18.3 Å². The maximum atomic E-state index is 11.5. The van der Waals surface area contributed by atoms with E-state index in [1.807, 2.05) is 0 Å². The zero-order chi connectivity index (χ0) is 19.1. The Bertz CT molecular complexity index is 889. The Labute approximate surface area is 150 Å². The van der Waals surface area contributed by atoms with Crippen molar-refractivity contribution in [1.29, 1.82) is 0 Å². The number of hydrogen-bond acceptors (Lipinski definition) is 7. The third-order valence-electron chi connectivity index (χ3n) is 4.67. The fourth-order valence-corrected chi connectivity index (χ4v) is 3.23. The summed E-state index contributed by atoms with van der Waals surface area (Å²) in [5.41, 5.74) is -0.284. The van der Waals surface area contributed by atoms with Crippen molar-refractivity contribution in [3.8, 4) is 12.3 Å². The molecule has 0 bridgehead atoms. The molecule has 0 spiro atoms. The fraction of sp³-hybridized carbons (Fsp3) is 0.471. The summed E-state index contributed by atoms with van der Waals surface area (Å²) in [6.45, 7) is 2.67. The van der Waals surface area contributed by atoms with Crippen LogP contribution in [0.2, 0.25) is 0 Å². The molecule has 138 valence electrons. The van der Waals surface area contributed by atoms with Crippen LogP contribution in [0.5, 0.6) is 0 Å². The van der Waals surface area contributed by atoms with Gasteiger partial charge in [0.1, 0.15) is 35.6 Å². The van der Waals surface area contributed by atoms with Crippen LogP contribution in [0.1, 0.15) is 25.6 Å². The fourth-order valence-electron chi connectivity index (χ4n) is 3.23. The average Bonchev–Trinajstić information content (AvgIpc) is 3.11. The number of carbonyl (C=O) groups is 1. The van der Waals surface area contributed by atoms with Crippen molar-refractivity contribution in [3.63, 3.8) is 0 Å². The SMILES string of the molecule is C#Cc1cn([C@@H]2OC(CO)C(O)C2(C)OC)c2ncnc(NC(C)=O)c12. The lowest BCUT2D eigenvalue weighted by atomic mass is 9.96. The van der Waals surface area contributed by atoms with Gasteiger partial charge in [-0.05, 0) is 6.92 Å². The highest BCUT2D eigenvalue weighted by Gasteiger charge is 2.54. The van der Waals surface area contributed by atoms with E-state index in [0.717, 1.165) is 0 Å². The molecule has 3 heterocycles. The first-order valence-electron chi connectivity index (χ1n) is 7.96. The number of fused-ring (bicyclic) bond motifs is 1. The van der Waals surface area contributed by atoms with Crippen molar-refractivity contribution in [2.24, 2.45) is 0 Å². The predicted molar refractivity (Wildman–Crippen MR) is 92.2 cm³/mol. The molecule has 2 aromatic heterocycles. The molecule has 3 unspecified atom stereocenters. The van der Waals surface area contributed by atoms with Crippen LogP contribution in [0.3, 0.4) is 0 Å². The molecular weight excluding hydrogens is 340 g/mol. The molecule has 4 atom stereocenters. The second-order valence-corrected chi connectivity index (χ2v) is 6.24. The van der Waals surface area contributed by atoms with Gasteiger partial charge in [0, 0.05) is 20.2 Å². The Hall–Kier alpha value is -2.51. The number of aliphatic hydroxyl groups is 2. The Morgan fingerprint density at radius 1 is 1.58 bits per heavy atom. The van der Waals surface area contributed by atoms with Crippen molar-refractivity contribution in [2.45, 2.75) is 37.9 Å². The molecule has 9 heteroatoms. The molecule has 0 aromatic carbocycles. The summed E-state index contributed by atoms with van der Waals surface area (Å²) in [4.78, 5) is 19.8. The number of anilines is 1. The number of rotatable bonds is 4. The van der Waals surface area contributed by atoms with E-state index in [4.69, 9.17) is 15.9 Å². The zero-order valence-corrected chi connectivity index (χ0v) is 14.6. The molecule has 1 aliphatic rings. The van der Waals surface area contributed by atoms with Gasteiger partial charge in [-0.3, -0.25) is 4.79 Å². The minimum Gasteiger partial charge on any atom is -0.394 e. The lowest BCUT2D eigenvalue weighted by Crippen LogP contribution is -2.46. The first-order chi connectivity index (χ1) is 12.4. The molecule has 26 heavy (non-hydrogen) atoms. The van der Waals surface area contributed by atoms with Crippen LogP contribution in [0.25, 0.3) is 11.0 Å². The number of aromatic nitrogens is 3. The molecule has 0 saturated carbocycles. The van der Waals surface area contributed by atoms with Gasteiger partial charge in [-0.2, -0.15) is 0 Å². The van der Waals surface area contributed by atoms with Gasteiger partial charge in [-0.25, -0.2) is 9.97 Å². The standard InChI is InChI=1S/C17H20N4O5/c1-5-10-6-21(15-12(10)14(18-8-19-15)20-9(2)23)16-17(3,25-4)13(24)11(7-22)26-16/h1,6,8,11,13,16,22,24H,7H2,2-4H3,(H,18,19,20,23)/t11?,13?,16-,17?/m1/s1. The van der Waals surface area contributed by atoms with E-state index in [2.05, 4.69) is 21.2 Å². The minimum atomic E-state index is -1.15. The number of methoxy groups -OCH3 is 1. The van der Waals surface area contributed by atoms with E-state index in [1.54, 1.807) is 17.7 Å². The van der Waals surface area contributed by atoms with Gasteiger partial charge in [0.2, 0.25) is 5.91 Å². The maximum absolute atomic E-state index is 11.5. The van der Waals surface area contributed by atoms with Gasteiger partial charge in [0.15, 0.2) is 6.23 Å². The van der Waals surface area contributed by atoms with Crippen LogP contribution in [-0.4, -0.2) is 62.2 Å². The lowest BCUT2D eigenvalue weighted by molar-refractivity contribution is -0.118. The first kappa shape index (κ1) is 18.3. The van der Waals surface area contributed by atoms with E-state index >= 15 is 0 Å². The van der Waals surface area contributed by atoms with E-state index < -0.39 is 24.0 Å². The first-order valence-corrected chi connectivity index (χ1v) is 7.96. The molecule has 1 fully saturated rings. The van der Waals surface area contributed by atoms with Crippen LogP contribution in [-0.2, 0) is 14.3 Å². The summed E-state index contributed by atoms with van der Waals surface area (Å²) in [5.74, 6) is 2.54. The highest BCUT2D eigenvalue weighted by molar-refractivity contribution is 6.00. The van der Waals surface area contributed by atoms with Crippen molar-refractivity contribution >= 4 is 22.8 Å². The summed E-state index contributed by atoms with van der Waals surface area (Å²) in [6.07, 6.45) is 5.84. The highest BCUT2D eigenvalue weighted by Crippen LogP contribution is 2.42. The normalized spacial score (nSPS) is 28.2. The Morgan fingerprint density at radius 3 is 2.88 bits per heavy atom. The van der Waals surface area contributed by atoms with Crippen LogP contribution >= 0.6 is 0 Å². The second kappa shape index (κ2) is 6.66. The topological polar surface area (TPSA) is 119 Å². The van der Waals surface area contributed by atoms with Gasteiger partial charge < -0.3 is 29.6 Å². The summed E-state index contributed by atoms with van der Waals surface area (Å²) in [5, 5.41) is 23.1. The molecule has 1 amide bonds. The van der Waals surface area contributed by atoms with Crippen molar-refractivity contribution < 1.29 is 24.5 Å². The third kappa shape index (κ3) is 2.64. The lowest BCUT2D eigenvalue weighted by Gasteiger charge is -2.31.